The molecule has 21 heavy (non-hydrogen) atoms. The van der Waals surface area contributed by atoms with Crippen molar-refractivity contribution < 1.29 is 0 Å². The highest BCUT2D eigenvalue weighted by Gasteiger charge is 2.27. The maximum atomic E-state index is 6.02. The topological polar surface area (TPSA) is 57.4 Å². The number of guanidine groups is 1. The first-order valence-corrected chi connectivity index (χ1v) is 7.81. The molecular weight excluding hydrogens is 260 g/mol. The summed E-state index contributed by atoms with van der Waals surface area (Å²) in [6.07, 6.45) is 6.57. The Bertz CT molecular complexity index is 652. The molecule has 0 bridgehead atoms. The highest BCUT2D eigenvalue weighted by atomic mass is 15.3. The first-order valence-electron chi connectivity index (χ1n) is 7.81. The van der Waals surface area contributed by atoms with Crippen LogP contribution in [0.1, 0.15) is 30.9 Å². The number of hydrogen-bond donors (Lipinski definition) is 2. The fourth-order valence-corrected chi connectivity index (χ4v) is 2.83. The predicted molar refractivity (Wildman–Crippen MR) is 88.7 cm³/mol. The summed E-state index contributed by atoms with van der Waals surface area (Å²) in [5.41, 5.74) is 9.99. The molecule has 0 unspecified atom stereocenters. The Morgan fingerprint density at radius 1 is 1.38 bits per heavy atom. The third-order valence-corrected chi connectivity index (χ3v) is 4.38. The fraction of sp³-hybridized carbons (Fsp3) is 0.471. The highest BCUT2D eigenvalue weighted by Crippen LogP contribution is 2.25. The zero-order chi connectivity index (χ0) is 14.8. The Balaban J connectivity index is 1.69. The van der Waals surface area contributed by atoms with Crippen molar-refractivity contribution in [2.75, 3.05) is 13.6 Å². The zero-order valence-electron chi connectivity index (χ0n) is 12.9. The summed E-state index contributed by atoms with van der Waals surface area (Å²) in [6, 6.07) is 7.12. The van der Waals surface area contributed by atoms with E-state index in [9.17, 15) is 0 Å². The lowest BCUT2D eigenvalue weighted by molar-refractivity contribution is 0.487. The van der Waals surface area contributed by atoms with Gasteiger partial charge in [-0.2, -0.15) is 0 Å². The van der Waals surface area contributed by atoms with E-state index in [1.165, 1.54) is 34.9 Å². The molecule has 1 saturated carbocycles. The van der Waals surface area contributed by atoms with Gasteiger partial charge >= 0.3 is 0 Å². The molecule has 2 aromatic rings. The minimum absolute atomic E-state index is 0.619. The van der Waals surface area contributed by atoms with Gasteiger partial charge < -0.3 is 15.6 Å². The molecule has 1 aromatic carbocycles. The molecule has 1 aromatic heterocycles. The molecule has 3 rings (SSSR count). The van der Waals surface area contributed by atoms with Crippen LogP contribution in [-0.2, 0) is 12.8 Å². The number of aromatic nitrogens is 1. The number of H-pyrrole nitrogens is 1. The minimum atomic E-state index is 0.619. The molecular formula is C17H24N4. The van der Waals surface area contributed by atoms with E-state index in [0.29, 0.717) is 12.0 Å². The number of para-hydroxylation sites is 1. The molecule has 1 aliphatic rings. The van der Waals surface area contributed by atoms with E-state index in [2.05, 4.69) is 46.2 Å². The predicted octanol–water partition coefficient (Wildman–Crippen LogP) is 2.68. The number of rotatable bonds is 5. The second-order valence-corrected chi connectivity index (χ2v) is 5.84. The van der Waals surface area contributed by atoms with Gasteiger partial charge in [-0.15, -0.1) is 0 Å². The molecule has 0 radical (unpaired) electrons. The van der Waals surface area contributed by atoms with E-state index in [-0.39, 0.29) is 0 Å². The quantitative estimate of drug-likeness (QED) is 0.655. The summed E-state index contributed by atoms with van der Waals surface area (Å²) in [5, 5.41) is 1.32. The van der Waals surface area contributed by atoms with Crippen molar-refractivity contribution in [3.8, 4) is 0 Å². The van der Waals surface area contributed by atoms with Crippen LogP contribution in [0.4, 0.5) is 0 Å². The van der Waals surface area contributed by atoms with Crippen molar-refractivity contribution in [2.24, 2.45) is 10.7 Å². The van der Waals surface area contributed by atoms with Gasteiger partial charge in [-0.25, -0.2) is 0 Å². The smallest absolute Gasteiger partial charge is 0.191 e. The molecule has 0 spiro atoms. The number of benzene rings is 1. The van der Waals surface area contributed by atoms with Crippen LogP contribution in [0.25, 0.3) is 10.9 Å². The average molecular weight is 284 g/mol. The summed E-state index contributed by atoms with van der Waals surface area (Å²) in [4.78, 5) is 10.0. The van der Waals surface area contributed by atoms with Crippen LogP contribution in [0.5, 0.6) is 0 Å². The average Bonchev–Trinajstić information content (AvgIpc) is 3.27. The standard InChI is InChI=1S/C17H24N4/c1-3-12-5-4-6-15-13(11-20-16(12)15)9-10-19-17(18)21(2)14-7-8-14/h4-6,11,14,20H,3,7-10H2,1-2H3,(H2,18,19). The first kappa shape index (κ1) is 14.0. The van der Waals surface area contributed by atoms with Crippen LogP contribution >= 0.6 is 0 Å². The third-order valence-electron chi connectivity index (χ3n) is 4.38. The molecule has 1 fully saturated rings. The number of nitrogens with zero attached hydrogens (tertiary/aromatic N) is 2. The molecule has 1 heterocycles. The largest absolute Gasteiger partial charge is 0.370 e. The molecule has 0 saturated heterocycles. The van der Waals surface area contributed by atoms with E-state index < -0.39 is 0 Å². The van der Waals surface area contributed by atoms with Gasteiger partial charge in [-0.1, -0.05) is 25.1 Å². The van der Waals surface area contributed by atoms with Crippen molar-refractivity contribution in [1.29, 1.82) is 0 Å². The molecule has 4 nitrogen and oxygen atoms in total. The first-order chi connectivity index (χ1) is 10.2. The Hall–Kier alpha value is -1.97. The van der Waals surface area contributed by atoms with Crippen molar-refractivity contribution in [3.05, 3.63) is 35.5 Å². The van der Waals surface area contributed by atoms with Crippen molar-refractivity contribution in [2.45, 2.75) is 38.6 Å². The second-order valence-electron chi connectivity index (χ2n) is 5.84. The van der Waals surface area contributed by atoms with Crippen LogP contribution < -0.4 is 5.73 Å². The van der Waals surface area contributed by atoms with E-state index in [1.54, 1.807) is 0 Å². The van der Waals surface area contributed by atoms with Crippen molar-refractivity contribution in [1.82, 2.24) is 9.88 Å². The van der Waals surface area contributed by atoms with Crippen LogP contribution in [0, 0.1) is 0 Å². The summed E-state index contributed by atoms with van der Waals surface area (Å²) in [5.74, 6) is 0.673. The van der Waals surface area contributed by atoms with Gasteiger partial charge in [-0.05, 0) is 36.8 Å². The Morgan fingerprint density at radius 2 is 2.19 bits per heavy atom. The summed E-state index contributed by atoms with van der Waals surface area (Å²) >= 11 is 0. The van der Waals surface area contributed by atoms with Crippen LogP contribution in [0.15, 0.2) is 29.4 Å². The zero-order valence-corrected chi connectivity index (χ0v) is 12.9. The van der Waals surface area contributed by atoms with E-state index in [0.717, 1.165) is 19.4 Å². The Morgan fingerprint density at radius 3 is 2.90 bits per heavy atom. The van der Waals surface area contributed by atoms with Gasteiger partial charge in [0.15, 0.2) is 5.96 Å². The monoisotopic (exact) mass is 284 g/mol. The second kappa shape index (κ2) is 5.80. The number of aromatic amines is 1. The molecule has 4 heteroatoms. The molecule has 3 N–H and O–H groups in total. The van der Waals surface area contributed by atoms with Gasteiger partial charge in [0.25, 0.3) is 0 Å². The SMILES string of the molecule is CCc1cccc2c(CCN=C(N)N(C)C3CC3)c[nH]c12. The van der Waals surface area contributed by atoms with Crippen LogP contribution in [0.2, 0.25) is 0 Å². The molecule has 112 valence electrons. The number of aryl methyl sites for hydroxylation is 1. The van der Waals surface area contributed by atoms with E-state index in [1.807, 2.05) is 7.05 Å². The normalized spacial score (nSPS) is 15.6. The molecule has 0 amide bonds. The Kier molecular flexibility index (Phi) is 3.86. The van der Waals surface area contributed by atoms with Gasteiger partial charge in [-0.3, -0.25) is 4.99 Å². The minimum Gasteiger partial charge on any atom is -0.370 e. The van der Waals surface area contributed by atoms with Gasteiger partial charge in [0.05, 0.1) is 0 Å². The Labute approximate surface area is 126 Å². The van der Waals surface area contributed by atoms with Crippen LogP contribution in [-0.4, -0.2) is 35.5 Å². The van der Waals surface area contributed by atoms with Crippen LogP contribution in [0.3, 0.4) is 0 Å². The van der Waals surface area contributed by atoms with Crippen molar-refractivity contribution >= 4 is 16.9 Å². The highest BCUT2D eigenvalue weighted by molar-refractivity contribution is 5.86. The molecule has 0 atom stereocenters. The number of fused-ring (bicyclic) bond motifs is 1. The number of aliphatic imine (C=N–C) groups is 1. The van der Waals surface area contributed by atoms with Gasteiger partial charge in [0, 0.05) is 36.7 Å². The number of nitrogens with one attached hydrogen (secondary N) is 1. The number of nitrogens with two attached hydrogens (primary N) is 1. The fourth-order valence-electron chi connectivity index (χ4n) is 2.83. The van der Waals surface area contributed by atoms with Gasteiger partial charge in [0.1, 0.15) is 0 Å². The summed E-state index contributed by atoms with van der Waals surface area (Å²) in [7, 11) is 2.04. The molecule has 0 aliphatic heterocycles. The lowest BCUT2D eigenvalue weighted by atomic mass is 10.1. The maximum Gasteiger partial charge on any atom is 0.191 e. The summed E-state index contributed by atoms with van der Waals surface area (Å²) in [6.45, 7) is 2.93. The lowest BCUT2D eigenvalue weighted by Gasteiger charge is -2.16. The summed E-state index contributed by atoms with van der Waals surface area (Å²) < 4.78 is 0. The maximum absolute atomic E-state index is 6.02. The lowest BCUT2D eigenvalue weighted by Crippen LogP contribution is -2.35. The van der Waals surface area contributed by atoms with E-state index in [4.69, 9.17) is 5.73 Å². The van der Waals surface area contributed by atoms with E-state index >= 15 is 0 Å². The van der Waals surface area contributed by atoms with Gasteiger partial charge in [0.2, 0.25) is 0 Å². The number of hydrogen-bond acceptors (Lipinski definition) is 1. The van der Waals surface area contributed by atoms with Crippen molar-refractivity contribution in [3.63, 3.8) is 0 Å². The third kappa shape index (κ3) is 2.89. The molecule has 1 aliphatic carbocycles.